The molecule has 0 saturated carbocycles. The van der Waals surface area contributed by atoms with Gasteiger partial charge in [-0.15, -0.1) is 0 Å². The van der Waals surface area contributed by atoms with Crippen molar-refractivity contribution < 1.29 is 4.52 Å². The number of aromatic nitrogens is 1. The number of hydrogen-bond donors (Lipinski definition) is 1. The third kappa shape index (κ3) is 3.44. The number of nitrogens with one attached hydrogen (secondary N) is 1. The van der Waals surface area contributed by atoms with E-state index in [1.165, 1.54) is 18.4 Å². The third-order valence-corrected chi connectivity index (χ3v) is 3.23. The fourth-order valence-electron chi connectivity index (χ4n) is 2.15. The lowest BCUT2D eigenvalue weighted by molar-refractivity contribution is 0.420. The Labute approximate surface area is 115 Å². The van der Waals surface area contributed by atoms with Crippen molar-refractivity contribution in [1.29, 1.82) is 0 Å². The molecule has 0 saturated heterocycles. The van der Waals surface area contributed by atoms with Gasteiger partial charge in [0.2, 0.25) is 0 Å². The van der Waals surface area contributed by atoms with Crippen LogP contribution in [0, 0.1) is 0 Å². The monoisotopic (exact) mass is 258 g/mol. The van der Waals surface area contributed by atoms with Gasteiger partial charge in [0.05, 0.1) is 0 Å². The second kappa shape index (κ2) is 7.10. The molecule has 2 rings (SSSR count). The summed E-state index contributed by atoms with van der Waals surface area (Å²) in [6.45, 7) is 6.04. The smallest absolute Gasteiger partial charge is 0.170 e. The molecule has 0 radical (unpaired) electrons. The highest BCUT2D eigenvalue weighted by molar-refractivity contribution is 5.61. The third-order valence-electron chi connectivity index (χ3n) is 3.23. The van der Waals surface area contributed by atoms with Gasteiger partial charge < -0.3 is 9.84 Å². The van der Waals surface area contributed by atoms with Crippen LogP contribution in [0.15, 0.2) is 34.9 Å². The van der Waals surface area contributed by atoms with Gasteiger partial charge >= 0.3 is 0 Å². The van der Waals surface area contributed by atoms with Crippen molar-refractivity contribution in [3.8, 4) is 11.3 Å². The number of rotatable bonds is 7. The zero-order valence-electron chi connectivity index (χ0n) is 11.8. The van der Waals surface area contributed by atoms with Gasteiger partial charge in [-0.05, 0) is 19.4 Å². The van der Waals surface area contributed by atoms with E-state index in [1.807, 2.05) is 18.2 Å². The summed E-state index contributed by atoms with van der Waals surface area (Å²) >= 11 is 0. The maximum atomic E-state index is 5.59. The van der Waals surface area contributed by atoms with Gasteiger partial charge in [0, 0.05) is 17.7 Å². The quantitative estimate of drug-likeness (QED) is 0.821. The summed E-state index contributed by atoms with van der Waals surface area (Å²) in [6.07, 6.45) is 3.38. The van der Waals surface area contributed by atoms with E-state index < -0.39 is 0 Å². The summed E-state index contributed by atoms with van der Waals surface area (Å²) in [5.74, 6) is 0.932. The molecule has 3 nitrogen and oxygen atoms in total. The average Bonchev–Trinajstić information content (AvgIpc) is 2.86. The van der Waals surface area contributed by atoms with Crippen molar-refractivity contribution in [2.45, 2.75) is 39.7 Å². The molecule has 0 aliphatic rings. The molecule has 0 aliphatic carbocycles. The molecule has 102 valence electrons. The van der Waals surface area contributed by atoms with Gasteiger partial charge in [-0.25, -0.2) is 0 Å². The summed E-state index contributed by atoms with van der Waals surface area (Å²) < 4.78 is 5.59. The standard InChI is InChI=1S/C16H22N2O/c1-3-5-11-14-15(12-17-4-2)18-19-16(14)13-9-7-6-8-10-13/h6-10,17H,3-5,11-12H2,1-2H3. The lowest BCUT2D eigenvalue weighted by Crippen LogP contribution is -2.13. The van der Waals surface area contributed by atoms with E-state index in [-0.39, 0.29) is 0 Å². The molecule has 0 amide bonds. The van der Waals surface area contributed by atoms with E-state index in [1.54, 1.807) is 0 Å². The first kappa shape index (κ1) is 13.8. The van der Waals surface area contributed by atoms with Crippen LogP contribution in [0.3, 0.4) is 0 Å². The molecule has 1 aromatic heterocycles. The molecule has 3 heteroatoms. The van der Waals surface area contributed by atoms with Gasteiger partial charge in [0.1, 0.15) is 5.69 Å². The molecule has 1 N–H and O–H groups in total. The average molecular weight is 258 g/mol. The second-order valence-corrected chi connectivity index (χ2v) is 4.69. The van der Waals surface area contributed by atoms with Crippen molar-refractivity contribution in [2.75, 3.05) is 6.54 Å². The second-order valence-electron chi connectivity index (χ2n) is 4.69. The highest BCUT2D eigenvalue weighted by Gasteiger charge is 2.16. The molecule has 19 heavy (non-hydrogen) atoms. The predicted octanol–water partition coefficient (Wildman–Crippen LogP) is 3.79. The lowest BCUT2D eigenvalue weighted by Gasteiger charge is -2.04. The van der Waals surface area contributed by atoms with E-state index in [0.29, 0.717) is 0 Å². The zero-order chi connectivity index (χ0) is 13.5. The van der Waals surface area contributed by atoms with Crippen LogP contribution < -0.4 is 5.32 Å². The highest BCUT2D eigenvalue weighted by Crippen LogP contribution is 2.27. The van der Waals surface area contributed by atoms with Crippen LogP contribution in [0.2, 0.25) is 0 Å². The van der Waals surface area contributed by atoms with Crippen molar-refractivity contribution in [1.82, 2.24) is 10.5 Å². The molecule has 2 aromatic rings. The van der Waals surface area contributed by atoms with E-state index >= 15 is 0 Å². The first-order valence-corrected chi connectivity index (χ1v) is 7.10. The Kier molecular flexibility index (Phi) is 5.16. The Hall–Kier alpha value is -1.61. The van der Waals surface area contributed by atoms with Crippen LogP contribution in [0.25, 0.3) is 11.3 Å². The molecule has 0 aliphatic heterocycles. The van der Waals surface area contributed by atoms with Gasteiger partial charge in [-0.2, -0.15) is 0 Å². The van der Waals surface area contributed by atoms with Crippen molar-refractivity contribution >= 4 is 0 Å². The normalized spacial score (nSPS) is 10.8. The Morgan fingerprint density at radius 1 is 1.16 bits per heavy atom. The van der Waals surface area contributed by atoms with Crippen LogP contribution in [0.4, 0.5) is 0 Å². The summed E-state index contributed by atoms with van der Waals surface area (Å²) in [4.78, 5) is 0. The van der Waals surface area contributed by atoms with Gasteiger partial charge in [0.25, 0.3) is 0 Å². The van der Waals surface area contributed by atoms with Crippen LogP contribution in [0.1, 0.15) is 37.9 Å². The van der Waals surface area contributed by atoms with Gasteiger partial charge in [-0.3, -0.25) is 0 Å². The summed E-state index contributed by atoms with van der Waals surface area (Å²) in [6, 6.07) is 10.2. The van der Waals surface area contributed by atoms with Crippen molar-refractivity contribution in [3.05, 3.63) is 41.6 Å². The number of benzene rings is 1. The Balaban J connectivity index is 2.29. The molecule has 0 unspecified atom stereocenters. The van der Waals surface area contributed by atoms with Gasteiger partial charge in [0.15, 0.2) is 5.76 Å². The van der Waals surface area contributed by atoms with E-state index in [4.69, 9.17) is 4.52 Å². The van der Waals surface area contributed by atoms with E-state index in [0.717, 1.165) is 36.5 Å². The van der Waals surface area contributed by atoms with Gasteiger partial charge in [-0.1, -0.05) is 55.8 Å². The van der Waals surface area contributed by atoms with Crippen molar-refractivity contribution in [2.24, 2.45) is 0 Å². The number of nitrogens with zero attached hydrogens (tertiary/aromatic N) is 1. The SMILES string of the molecule is CCCCc1c(CNCC)noc1-c1ccccc1. The Morgan fingerprint density at radius 2 is 1.95 bits per heavy atom. The van der Waals surface area contributed by atoms with E-state index in [9.17, 15) is 0 Å². The fourth-order valence-corrected chi connectivity index (χ4v) is 2.15. The molecular weight excluding hydrogens is 236 g/mol. The Morgan fingerprint density at radius 3 is 2.63 bits per heavy atom. The summed E-state index contributed by atoms with van der Waals surface area (Å²) in [5, 5.41) is 7.57. The maximum Gasteiger partial charge on any atom is 0.170 e. The minimum Gasteiger partial charge on any atom is -0.356 e. The molecular formula is C16H22N2O. The first-order valence-electron chi connectivity index (χ1n) is 7.10. The molecule has 0 atom stereocenters. The zero-order valence-corrected chi connectivity index (χ0v) is 11.8. The van der Waals surface area contributed by atoms with Crippen LogP contribution in [-0.4, -0.2) is 11.7 Å². The predicted molar refractivity (Wildman–Crippen MR) is 77.9 cm³/mol. The molecule has 0 fully saturated rings. The lowest BCUT2D eigenvalue weighted by atomic mass is 10.0. The topological polar surface area (TPSA) is 38.1 Å². The number of unbranched alkanes of at least 4 members (excludes halogenated alkanes) is 1. The fraction of sp³-hybridized carbons (Fsp3) is 0.438. The highest BCUT2D eigenvalue weighted by atomic mass is 16.5. The molecule has 0 spiro atoms. The molecule has 0 bridgehead atoms. The largest absolute Gasteiger partial charge is 0.356 e. The first-order chi connectivity index (χ1) is 9.36. The number of hydrogen-bond acceptors (Lipinski definition) is 3. The summed E-state index contributed by atoms with van der Waals surface area (Å²) in [5.41, 5.74) is 3.42. The van der Waals surface area contributed by atoms with E-state index in [2.05, 4.69) is 36.5 Å². The van der Waals surface area contributed by atoms with Crippen LogP contribution in [0.5, 0.6) is 0 Å². The molecule has 1 aromatic carbocycles. The Bertz CT molecular complexity index is 491. The minimum absolute atomic E-state index is 0.784. The maximum absolute atomic E-state index is 5.59. The molecule has 1 heterocycles. The van der Waals surface area contributed by atoms with Crippen molar-refractivity contribution in [3.63, 3.8) is 0 Å². The van der Waals surface area contributed by atoms with Crippen LogP contribution >= 0.6 is 0 Å². The summed E-state index contributed by atoms with van der Waals surface area (Å²) in [7, 11) is 0. The minimum atomic E-state index is 0.784. The van der Waals surface area contributed by atoms with Crippen LogP contribution in [-0.2, 0) is 13.0 Å².